The number of hydrogen-bond donors (Lipinski definition) is 1. The molecule has 1 fully saturated rings. The summed E-state index contributed by atoms with van der Waals surface area (Å²) in [6.07, 6.45) is 1.62. The number of aliphatic hydroxyl groups is 1. The number of amides is 2. The number of methoxy groups -OCH3 is 1. The van der Waals surface area contributed by atoms with Gasteiger partial charge in [-0.2, -0.15) is 4.31 Å². The molecule has 11 heteroatoms. The Balaban J connectivity index is 1.61. The average molecular weight is 679 g/mol. The summed E-state index contributed by atoms with van der Waals surface area (Å²) in [5.74, 6) is -0.187. The van der Waals surface area contributed by atoms with Crippen LogP contribution in [-0.2, 0) is 27.8 Å². The predicted octanol–water partition coefficient (Wildman–Crippen LogP) is 4.18. The molecule has 1 aliphatic carbocycles. The summed E-state index contributed by atoms with van der Waals surface area (Å²) in [6, 6.07) is 23.7. The van der Waals surface area contributed by atoms with E-state index in [9.17, 15) is 28.2 Å². The molecular formula is C37H48N3O7S-. The molecular weight excluding hydrogens is 630 g/mol. The Hall–Kier alpha value is -3.93. The van der Waals surface area contributed by atoms with Gasteiger partial charge in [0.2, 0.25) is 15.9 Å². The first-order valence-electron chi connectivity index (χ1n) is 16.7. The van der Waals surface area contributed by atoms with Crippen molar-refractivity contribution in [2.24, 2.45) is 11.8 Å². The van der Waals surface area contributed by atoms with Crippen LogP contribution in [0.2, 0.25) is 0 Å². The zero-order valence-electron chi connectivity index (χ0n) is 28.1. The Morgan fingerprint density at radius 2 is 1.48 bits per heavy atom. The minimum Gasteiger partial charge on any atom is -0.530 e. The van der Waals surface area contributed by atoms with Gasteiger partial charge in [0.05, 0.1) is 18.1 Å². The van der Waals surface area contributed by atoms with Gasteiger partial charge >= 0.3 is 0 Å². The molecule has 260 valence electrons. The molecule has 3 aromatic carbocycles. The number of benzene rings is 3. The van der Waals surface area contributed by atoms with Gasteiger partial charge in [-0.25, -0.2) is 8.42 Å². The van der Waals surface area contributed by atoms with Gasteiger partial charge in [0.1, 0.15) is 17.9 Å². The van der Waals surface area contributed by atoms with Crippen LogP contribution in [0.3, 0.4) is 0 Å². The molecule has 2 amide bonds. The van der Waals surface area contributed by atoms with Crippen LogP contribution in [-0.4, -0.2) is 85.1 Å². The van der Waals surface area contributed by atoms with Crippen LogP contribution in [0, 0.1) is 11.8 Å². The number of aliphatic hydroxyl groups excluding tert-OH is 1. The molecule has 0 radical (unpaired) electrons. The maximum Gasteiger partial charge on any atom is 0.245 e. The summed E-state index contributed by atoms with van der Waals surface area (Å²) in [5, 5.41) is 24.0. The standard InChI is InChI=1S/C37H49N3O7S/c1-28(2)35(40(37(43)44)25-31-14-8-5-9-15-31)36(42)38(23-22-29-12-6-4-7-13-29)26-32(41)27-39(24-30-16-10-11-17-30)48(45,46)34-20-18-33(47-3)19-21-34/h4-9,12-15,18-21,28,30,32,35,41H,10-11,16-17,22-27H2,1-3H3,(H,43,44)/p-1/t32-,35-/m0/s1. The maximum atomic E-state index is 14.4. The highest BCUT2D eigenvalue weighted by molar-refractivity contribution is 7.89. The van der Waals surface area contributed by atoms with E-state index in [1.165, 1.54) is 28.4 Å². The molecule has 1 saturated carbocycles. The first-order chi connectivity index (χ1) is 23.0. The summed E-state index contributed by atoms with van der Waals surface area (Å²) in [7, 11) is -2.48. The zero-order valence-corrected chi connectivity index (χ0v) is 28.9. The summed E-state index contributed by atoms with van der Waals surface area (Å²) in [6.45, 7) is 3.57. The second kappa shape index (κ2) is 17.5. The van der Waals surface area contributed by atoms with E-state index in [0.29, 0.717) is 17.7 Å². The van der Waals surface area contributed by atoms with Gasteiger partial charge in [0.25, 0.3) is 0 Å². The topological polar surface area (TPSA) is 131 Å². The van der Waals surface area contributed by atoms with Crippen molar-refractivity contribution in [1.29, 1.82) is 0 Å². The summed E-state index contributed by atoms with van der Waals surface area (Å²) in [5.41, 5.74) is 1.68. The highest BCUT2D eigenvalue weighted by Crippen LogP contribution is 2.29. The second-order valence-electron chi connectivity index (χ2n) is 12.9. The van der Waals surface area contributed by atoms with Crippen LogP contribution in [0.5, 0.6) is 5.75 Å². The average Bonchev–Trinajstić information content (AvgIpc) is 3.60. The normalized spacial score (nSPS) is 15.0. The van der Waals surface area contributed by atoms with Crippen LogP contribution < -0.4 is 9.84 Å². The molecule has 0 spiro atoms. The SMILES string of the molecule is COc1ccc(S(=O)(=O)N(CC2CCCC2)C[C@@H](O)CN(CCc2ccccc2)C(=O)[C@H](C(C)C)N(Cc2ccccc2)C(=O)[O-])cc1. The highest BCUT2D eigenvalue weighted by Gasteiger charge is 2.35. The van der Waals surface area contributed by atoms with Gasteiger partial charge in [-0.3, -0.25) is 4.79 Å². The van der Waals surface area contributed by atoms with Crippen molar-refractivity contribution < 1.29 is 33.0 Å². The first kappa shape index (κ1) is 36.9. The highest BCUT2D eigenvalue weighted by atomic mass is 32.2. The largest absolute Gasteiger partial charge is 0.530 e. The van der Waals surface area contributed by atoms with Gasteiger partial charge in [-0.05, 0) is 66.5 Å². The monoisotopic (exact) mass is 678 g/mol. The number of sulfonamides is 1. The Labute approximate surface area is 285 Å². The lowest BCUT2D eigenvalue weighted by Crippen LogP contribution is -2.57. The van der Waals surface area contributed by atoms with Gasteiger partial charge in [-0.15, -0.1) is 0 Å². The lowest BCUT2D eigenvalue weighted by atomic mass is 9.99. The molecule has 1 N–H and O–H groups in total. The second-order valence-corrected chi connectivity index (χ2v) is 14.8. The quantitative estimate of drug-likeness (QED) is 0.227. The molecule has 0 unspecified atom stereocenters. The molecule has 10 nitrogen and oxygen atoms in total. The molecule has 3 aromatic rings. The van der Waals surface area contributed by atoms with Gasteiger partial charge in [0, 0.05) is 32.7 Å². The van der Waals surface area contributed by atoms with Crippen molar-refractivity contribution in [2.75, 3.05) is 33.3 Å². The van der Waals surface area contributed by atoms with Gasteiger partial charge < -0.3 is 29.5 Å². The first-order valence-corrected chi connectivity index (χ1v) is 18.1. The number of carboxylic acid groups (broad SMARTS) is 1. The molecule has 48 heavy (non-hydrogen) atoms. The van der Waals surface area contributed by atoms with Crippen LogP contribution in [0.25, 0.3) is 0 Å². The van der Waals surface area contributed by atoms with Crippen molar-refractivity contribution in [1.82, 2.24) is 14.1 Å². The van der Waals surface area contributed by atoms with Gasteiger partial charge in [0.15, 0.2) is 0 Å². The predicted molar refractivity (Wildman–Crippen MR) is 182 cm³/mol. The van der Waals surface area contributed by atoms with Crippen LogP contribution in [0.15, 0.2) is 89.8 Å². The summed E-state index contributed by atoms with van der Waals surface area (Å²) < 4.78 is 34.4. The van der Waals surface area contributed by atoms with E-state index >= 15 is 0 Å². The third-order valence-electron chi connectivity index (χ3n) is 8.95. The minimum absolute atomic E-state index is 0.0396. The number of ether oxygens (including phenoxy) is 1. The van der Waals surface area contributed by atoms with Crippen molar-refractivity contribution in [3.63, 3.8) is 0 Å². The Kier molecular flexibility index (Phi) is 13.4. The van der Waals surface area contributed by atoms with E-state index in [4.69, 9.17) is 4.74 Å². The molecule has 0 heterocycles. The lowest BCUT2D eigenvalue weighted by molar-refractivity contribution is -0.269. The number of nitrogens with zero attached hydrogens (tertiary/aromatic N) is 3. The third-order valence-corrected chi connectivity index (χ3v) is 10.8. The van der Waals surface area contributed by atoms with E-state index in [1.807, 2.05) is 36.4 Å². The number of hydrogen-bond acceptors (Lipinski definition) is 7. The summed E-state index contributed by atoms with van der Waals surface area (Å²) >= 11 is 0. The van der Waals surface area contributed by atoms with Crippen LogP contribution in [0.4, 0.5) is 4.79 Å². The molecule has 0 bridgehead atoms. The molecule has 4 rings (SSSR count). The minimum atomic E-state index is -3.99. The Morgan fingerprint density at radius 3 is 2.02 bits per heavy atom. The van der Waals surface area contributed by atoms with Crippen molar-refractivity contribution in [2.45, 2.75) is 69.5 Å². The van der Waals surface area contributed by atoms with E-state index in [-0.39, 0.29) is 43.5 Å². The van der Waals surface area contributed by atoms with Crippen LogP contribution >= 0.6 is 0 Å². The van der Waals surface area contributed by atoms with Gasteiger partial charge in [-0.1, -0.05) is 87.4 Å². The van der Waals surface area contributed by atoms with Crippen molar-refractivity contribution >= 4 is 22.0 Å². The lowest BCUT2D eigenvalue weighted by Gasteiger charge is -2.39. The fourth-order valence-corrected chi connectivity index (χ4v) is 7.97. The van der Waals surface area contributed by atoms with E-state index in [2.05, 4.69) is 0 Å². The molecule has 2 atom stereocenters. The van der Waals surface area contributed by atoms with E-state index < -0.39 is 40.1 Å². The third kappa shape index (κ3) is 10.0. The zero-order chi connectivity index (χ0) is 34.7. The number of carbonyl (C=O) groups is 2. The fourth-order valence-electron chi connectivity index (χ4n) is 6.42. The Bertz CT molecular complexity index is 1550. The van der Waals surface area contributed by atoms with E-state index in [1.54, 1.807) is 50.2 Å². The van der Waals surface area contributed by atoms with E-state index in [0.717, 1.165) is 36.1 Å². The van der Waals surface area contributed by atoms with Crippen molar-refractivity contribution in [3.05, 3.63) is 96.1 Å². The molecule has 0 saturated heterocycles. The maximum absolute atomic E-state index is 14.4. The van der Waals surface area contributed by atoms with Crippen molar-refractivity contribution in [3.8, 4) is 5.75 Å². The fraction of sp³-hybridized carbons (Fsp3) is 0.459. The molecule has 1 aliphatic rings. The smallest absolute Gasteiger partial charge is 0.245 e. The number of carbonyl (C=O) groups excluding carboxylic acids is 2. The van der Waals surface area contributed by atoms with Crippen LogP contribution in [0.1, 0.15) is 50.7 Å². The molecule has 0 aromatic heterocycles. The Morgan fingerprint density at radius 1 is 0.896 bits per heavy atom. The molecule has 0 aliphatic heterocycles. The summed E-state index contributed by atoms with van der Waals surface area (Å²) in [4.78, 5) is 29.5. The number of rotatable bonds is 17.